The lowest BCUT2D eigenvalue weighted by Crippen LogP contribution is -2.22. The van der Waals surface area contributed by atoms with Crippen molar-refractivity contribution >= 4 is 34.1 Å². The van der Waals surface area contributed by atoms with E-state index >= 15 is 0 Å². The summed E-state index contributed by atoms with van der Waals surface area (Å²) in [6.45, 7) is 3.92. The number of amides is 1. The molecule has 7 heteroatoms. The van der Waals surface area contributed by atoms with Crippen LogP contribution in [-0.2, 0) is 4.79 Å². The van der Waals surface area contributed by atoms with E-state index < -0.39 is 0 Å². The monoisotopic (exact) mass is 385 g/mol. The number of nitrogens with one attached hydrogen (secondary N) is 1. The molecule has 0 aliphatic carbocycles. The topological polar surface area (TPSA) is 64.1 Å². The predicted octanol–water partition coefficient (Wildman–Crippen LogP) is 4.64. The van der Waals surface area contributed by atoms with E-state index in [9.17, 15) is 4.79 Å². The first-order valence-electron chi connectivity index (χ1n) is 8.08. The highest BCUT2D eigenvalue weighted by atomic mass is 32.2. The number of para-hydroxylation sites is 1. The molecule has 5 nitrogen and oxygen atoms in total. The van der Waals surface area contributed by atoms with E-state index in [1.807, 2.05) is 62.4 Å². The van der Waals surface area contributed by atoms with Crippen molar-refractivity contribution in [3.63, 3.8) is 0 Å². The molecule has 1 unspecified atom stereocenters. The molecule has 1 amide bonds. The van der Waals surface area contributed by atoms with Gasteiger partial charge in [0.05, 0.1) is 17.9 Å². The molecule has 0 fully saturated rings. The SMILES string of the molecule is COc1ccccc1-c1nnc(NC(=O)C(C)Sc2ccc(C)cc2)s1. The maximum Gasteiger partial charge on any atom is 0.239 e. The maximum atomic E-state index is 12.4. The fourth-order valence-corrected chi connectivity index (χ4v) is 3.93. The van der Waals surface area contributed by atoms with Crippen molar-refractivity contribution in [1.29, 1.82) is 0 Å². The van der Waals surface area contributed by atoms with Crippen molar-refractivity contribution in [2.24, 2.45) is 0 Å². The second-order valence-electron chi connectivity index (χ2n) is 5.68. The Hall–Kier alpha value is -2.38. The molecule has 1 aromatic heterocycles. The highest BCUT2D eigenvalue weighted by molar-refractivity contribution is 8.00. The molecule has 0 saturated carbocycles. The number of carbonyl (C=O) groups excluding carboxylic acids is 1. The lowest BCUT2D eigenvalue weighted by Gasteiger charge is -2.10. The van der Waals surface area contributed by atoms with E-state index in [0.29, 0.717) is 10.1 Å². The Balaban J connectivity index is 1.66. The molecular formula is C19H19N3O2S2. The van der Waals surface area contributed by atoms with Gasteiger partial charge in [0.15, 0.2) is 5.01 Å². The van der Waals surface area contributed by atoms with Gasteiger partial charge in [-0.25, -0.2) is 0 Å². The molecule has 2 aromatic carbocycles. The number of nitrogens with zero attached hydrogens (tertiary/aromatic N) is 2. The molecule has 1 N–H and O–H groups in total. The second kappa shape index (κ2) is 8.33. The number of hydrogen-bond donors (Lipinski definition) is 1. The zero-order valence-corrected chi connectivity index (χ0v) is 16.4. The van der Waals surface area contributed by atoms with E-state index in [0.717, 1.165) is 16.2 Å². The van der Waals surface area contributed by atoms with Crippen LogP contribution in [0, 0.1) is 6.92 Å². The van der Waals surface area contributed by atoms with Crippen molar-refractivity contribution in [3.05, 3.63) is 54.1 Å². The number of benzene rings is 2. The van der Waals surface area contributed by atoms with Crippen LogP contribution in [0.5, 0.6) is 5.75 Å². The summed E-state index contributed by atoms with van der Waals surface area (Å²) in [6, 6.07) is 15.7. The number of anilines is 1. The van der Waals surface area contributed by atoms with E-state index in [4.69, 9.17) is 4.74 Å². The summed E-state index contributed by atoms with van der Waals surface area (Å²) in [7, 11) is 1.62. The number of hydrogen-bond acceptors (Lipinski definition) is 6. The van der Waals surface area contributed by atoms with Gasteiger partial charge in [0.2, 0.25) is 11.0 Å². The van der Waals surface area contributed by atoms with Crippen LogP contribution in [0.25, 0.3) is 10.6 Å². The van der Waals surface area contributed by atoms with E-state index in [-0.39, 0.29) is 11.2 Å². The number of thioether (sulfide) groups is 1. The van der Waals surface area contributed by atoms with Gasteiger partial charge in [-0.1, -0.05) is 41.2 Å². The number of aromatic nitrogens is 2. The van der Waals surface area contributed by atoms with Crippen molar-refractivity contribution in [1.82, 2.24) is 10.2 Å². The Morgan fingerprint density at radius 1 is 1.15 bits per heavy atom. The number of methoxy groups -OCH3 is 1. The largest absolute Gasteiger partial charge is 0.496 e. The van der Waals surface area contributed by atoms with Crippen LogP contribution < -0.4 is 10.1 Å². The zero-order valence-electron chi connectivity index (χ0n) is 14.7. The molecule has 0 radical (unpaired) electrons. The molecule has 3 rings (SSSR count). The number of ether oxygens (including phenoxy) is 1. The molecule has 1 atom stereocenters. The van der Waals surface area contributed by atoms with Gasteiger partial charge in [-0.05, 0) is 38.1 Å². The molecular weight excluding hydrogens is 366 g/mol. The predicted molar refractivity (Wildman–Crippen MR) is 107 cm³/mol. The smallest absolute Gasteiger partial charge is 0.239 e. The van der Waals surface area contributed by atoms with Crippen LogP contribution in [0.3, 0.4) is 0 Å². The molecule has 1 heterocycles. The van der Waals surface area contributed by atoms with Gasteiger partial charge in [0.25, 0.3) is 0 Å². The maximum absolute atomic E-state index is 12.4. The highest BCUT2D eigenvalue weighted by Crippen LogP contribution is 2.33. The van der Waals surface area contributed by atoms with Crippen LogP contribution in [0.2, 0.25) is 0 Å². The first-order valence-corrected chi connectivity index (χ1v) is 9.77. The van der Waals surface area contributed by atoms with Crippen molar-refractivity contribution in [2.75, 3.05) is 12.4 Å². The third-order valence-electron chi connectivity index (χ3n) is 3.70. The Labute approximate surface area is 160 Å². The Morgan fingerprint density at radius 2 is 1.88 bits per heavy atom. The summed E-state index contributed by atoms with van der Waals surface area (Å²) in [5.41, 5.74) is 2.05. The van der Waals surface area contributed by atoms with Gasteiger partial charge >= 0.3 is 0 Å². The van der Waals surface area contributed by atoms with Gasteiger partial charge in [-0.15, -0.1) is 22.0 Å². The molecule has 0 aliphatic heterocycles. The Morgan fingerprint density at radius 3 is 2.62 bits per heavy atom. The second-order valence-corrected chi connectivity index (χ2v) is 8.07. The number of aryl methyl sites for hydroxylation is 1. The van der Waals surface area contributed by atoms with Crippen molar-refractivity contribution < 1.29 is 9.53 Å². The van der Waals surface area contributed by atoms with E-state index in [2.05, 4.69) is 15.5 Å². The minimum atomic E-state index is -0.240. The van der Waals surface area contributed by atoms with Crippen LogP contribution in [0.1, 0.15) is 12.5 Å². The quantitative estimate of drug-likeness (QED) is 0.626. The fraction of sp³-hybridized carbons (Fsp3) is 0.211. The van der Waals surface area contributed by atoms with Gasteiger partial charge in [0, 0.05) is 4.90 Å². The Bertz CT molecular complexity index is 894. The fourth-order valence-electron chi connectivity index (χ4n) is 2.29. The number of carbonyl (C=O) groups is 1. The summed E-state index contributed by atoms with van der Waals surface area (Å²) >= 11 is 2.84. The number of rotatable bonds is 6. The average molecular weight is 386 g/mol. The summed E-state index contributed by atoms with van der Waals surface area (Å²) in [5, 5.41) is 12.0. The average Bonchev–Trinajstić information content (AvgIpc) is 3.11. The third kappa shape index (κ3) is 4.42. The minimum absolute atomic E-state index is 0.0988. The lowest BCUT2D eigenvalue weighted by molar-refractivity contribution is -0.115. The third-order valence-corrected chi connectivity index (χ3v) is 5.68. The van der Waals surface area contributed by atoms with E-state index in [1.54, 1.807) is 7.11 Å². The van der Waals surface area contributed by atoms with Gasteiger partial charge in [-0.3, -0.25) is 10.1 Å². The molecule has 0 aliphatic rings. The summed E-state index contributed by atoms with van der Waals surface area (Å²) < 4.78 is 5.35. The molecule has 0 bridgehead atoms. The molecule has 0 saturated heterocycles. The first kappa shape index (κ1) is 18.4. The molecule has 0 spiro atoms. The van der Waals surface area contributed by atoms with Crippen molar-refractivity contribution in [2.45, 2.75) is 24.0 Å². The molecule has 26 heavy (non-hydrogen) atoms. The summed E-state index contributed by atoms with van der Waals surface area (Å²) in [5.74, 6) is 0.628. The van der Waals surface area contributed by atoms with Crippen molar-refractivity contribution in [3.8, 4) is 16.3 Å². The Kier molecular flexibility index (Phi) is 5.90. The van der Waals surface area contributed by atoms with Gasteiger partial charge < -0.3 is 4.74 Å². The molecule has 134 valence electrons. The summed E-state index contributed by atoms with van der Waals surface area (Å²) in [4.78, 5) is 13.5. The van der Waals surface area contributed by atoms with Crippen LogP contribution in [0.4, 0.5) is 5.13 Å². The van der Waals surface area contributed by atoms with Crippen LogP contribution >= 0.6 is 23.1 Å². The van der Waals surface area contributed by atoms with Crippen LogP contribution in [0.15, 0.2) is 53.4 Å². The van der Waals surface area contributed by atoms with Gasteiger partial charge in [-0.2, -0.15) is 0 Å². The standard InChI is InChI=1S/C19H19N3O2S2/c1-12-8-10-14(11-9-12)25-13(2)17(23)20-19-22-21-18(26-19)15-6-4-5-7-16(15)24-3/h4-11,13H,1-3H3,(H,20,22,23). The zero-order chi connectivity index (χ0) is 18.5. The van der Waals surface area contributed by atoms with Gasteiger partial charge in [0.1, 0.15) is 5.75 Å². The highest BCUT2D eigenvalue weighted by Gasteiger charge is 2.18. The summed E-state index contributed by atoms with van der Waals surface area (Å²) in [6.07, 6.45) is 0. The minimum Gasteiger partial charge on any atom is -0.496 e. The van der Waals surface area contributed by atoms with E-state index in [1.165, 1.54) is 28.7 Å². The normalized spacial score (nSPS) is 11.8. The molecule has 3 aromatic rings. The van der Waals surface area contributed by atoms with Crippen LogP contribution in [-0.4, -0.2) is 28.5 Å². The lowest BCUT2D eigenvalue weighted by atomic mass is 10.2. The first-order chi connectivity index (χ1) is 12.6.